The van der Waals surface area contributed by atoms with E-state index in [1.165, 1.54) is 0 Å². The number of nitrogens with two attached hydrogens (primary N) is 1. The monoisotopic (exact) mass is 377 g/mol. The number of fused-ring (bicyclic) bond motifs is 1. The van der Waals surface area contributed by atoms with Crippen LogP contribution in [0.1, 0.15) is 31.0 Å². The molecule has 1 aliphatic carbocycles. The zero-order valence-corrected chi connectivity index (χ0v) is 15.8. The fourth-order valence-corrected chi connectivity index (χ4v) is 6.38. The molecular weight excluding hydrogens is 354 g/mol. The summed E-state index contributed by atoms with van der Waals surface area (Å²) >= 11 is 0. The highest BCUT2D eigenvalue weighted by molar-refractivity contribution is 7.91. The van der Waals surface area contributed by atoms with Crippen LogP contribution in [0, 0.1) is 5.92 Å². The van der Waals surface area contributed by atoms with Gasteiger partial charge >= 0.3 is 0 Å². The van der Waals surface area contributed by atoms with Crippen LogP contribution in [0.15, 0.2) is 12.3 Å². The third-order valence-electron chi connectivity index (χ3n) is 5.73. The molecule has 140 valence electrons. The molecule has 2 N–H and O–H groups in total. The Morgan fingerprint density at radius 3 is 2.77 bits per heavy atom. The molecule has 3 heterocycles. The van der Waals surface area contributed by atoms with Crippen LogP contribution in [0.4, 0.5) is 0 Å². The van der Waals surface area contributed by atoms with Gasteiger partial charge in [-0.3, -0.25) is 14.2 Å². The van der Waals surface area contributed by atoms with Crippen molar-refractivity contribution in [3.63, 3.8) is 0 Å². The van der Waals surface area contributed by atoms with Crippen LogP contribution in [-0.4, -0.2) is 45.4 Å². The van der Waals surface area contributed by atoms with E-state index in [1.54, 1.807) is 10.9 Å². The van der Waals surface area contributed by atoms with Gasteiger partial charge in [-0.15, -0.1) is 0 Å². The van der Waals surface area contributed by atoms with E-state index >= 15 is 0 Å². The number of hydrogen-bond donors (Lipinski definition) is 1. The standard InChI is InChI=1S/C17H23N5O3S/c1-17(6-8-26(24,25)10-17)22-14-9-11(16(18)23)3-4-12(14)15(20-22)13-5-7-19-21(13)2/h5,7,11H,3-4,6,8-10H2,1-2H3,(H2,18,23)/t11?,17-/m0/s1. The van der Waals surface area contributed by atoms with Gasteiger partial charge in [0.25, 0.3) is 0 Å². The Balaban J connectivity index is 1.88. The average Bonchev–Trinajstić information content (AvgIpc) is 3.22. The maximum atomic E-state index is 12.1. The molecule has 2 aromatic heterocycles. The molecule has 2 aliphatic rings. The molecule has 9 heteroatoms. The van der Waals surface area contributed by atoms with E-state index in [2.05, 4.69) is 5.10 Å². The van der Waals surface area contributed by atoms with Gasteiger partial charge in [0.1, 0.15) is 5.69 Å². The summed E-state index contributed by atoms with van der Waals surface area (Å²) in [6, 6.07) is 1.90. The van der Waals surface area contributed by atoms with Crippen molar-refractivity contribution >= 4 is 15.7 Å². The Kier molecular flexibility index (Phi) is 3.76. The van der Waals surface area contributed by atoms with Crippen LogP contribution < -0.4 is 5.73 Å². The van der Waals surface area contributed by atoms with Gasteiger partial charge < -0.3 is 5.73 Å². The summed E-state index contributed by atoms with van der Waals surface area (Å²) in [5.74, 6) is -0.313. The van der Waals surface area contributed by atoms with Crippen LogP contribution in [0.2, 0.25) is 0 Å². The molecule has 0 spiro atoms. The molecule has 1 unspecified atom stereocenters. The third kappa shape index (κ3) is 2.65. The minimum Gasteiger partial charge on any atom is -0.369 e. The molecule has 0 saturated carbocycles. The van der Waals surface area contributed by atoms with Gasteiger partial charge in [0.05, 0.1) is 22.7 Å². The van der Waals surface area contributed by atoms with Crippen molar-refractivity contribution in [2.24, 2.45) is 18.7 Å². The summed E-state index contributed by atoms with van der Waals surface area (Å²) in [5, 5.41) is 9.08. The summed E-state index contributed by atoms with van der Waals surface area (Å²) in [6.07, 6.45) is 4.14. The molecule has 1 saturated heterocycles. The lowest BCUT2D eigenvalue weighted by Crippen LogP contribution is -2.36. The van der Waals surface area contributed by atoms with Gasteiger partial charge in [0, 0.05) is 36.8 Å². The fraction of sp³-hybridized carbons (Fsp3) is 0.588. The highest BCUT2D eigenvalue weighted by Gasteiger charge is 2.44. The van der Waals surface area contributed by atoms with Gasteiger partial charge in [-0.2, -0.15) is 10.2 Å². The minimum absolute atomic E-state index is 0.0696. The predicted molar refractivity (Wildman–Crippen MR) is 96.1 cm³/mol. The van der Waals surface area contributed by atoms with E-state index in [9.17, 15) is 13.2 Å². The van der Waals surface area contributed by atoms with Crippen molar-refractivity contribution in [1.82, 2.24) is 19.6 Å². The minimum atomic E-state index is -3.08. The van der Waals surface area contributed by atoms with E-state index in [0.29, 0.717) is 25.7 Å². The quantitative estimate of drug-likeness (QED) is 0.832. The van der Waals surface area contributed by atoms with E-state index in [-0.39, 0.29) is 23.3 Å². The lowest BCUT2D eigenvalue weighted by Gasteiger charge is -2.28. The predicted octanol–water partition coefficient (Wildman–Crippen LogP) is 0.408. The maximum Gasteiger partial charge on any atom is 0.220 e. The first-order valence-electron chi connectivity index (χ1n) is 8.79. The topological polar surface area (TPSA) is 113 Å². The Bertz CT molecular complexity index is 990. The number of carbonyl (C=O) groups excluding carboxylic acids is 1. The Hall–Kier alpha value is -2.16. The molecule has 0 bridgehead atoms. The van der Waals surface area contributed by atoms with Crippen molar-refractivity contribution in [2.75, 3.05) is 11.5 Å². The molecule has 2 aromatic rings. The lowest BCUT2D eigenvalue weighted by atomic mass is 9.85. The summed E-state index contributed by atoms with van der Waals surface area (Å²) in [4.78, 5) is 11.8. The Morgan fingerprint density at radius 1 is 1.42 bits per heavy atom. The van der Waals surface area contributed by atoms with Crippen LogP contribution in [-0.2, 0) is 40.1 Å². The fourth-order valence-electron chi connectivity index (χ4n) is 4.27. The molecule has 0 radical (unpaired) electrons. The Morgan fingerprint density at radius 2 is 2.19 bits per heavy atom. The Labute approximate surface area is 152 Å². The van der Waals surface area contributed by atoms with Crippen LogP contribution in [0.25, 0.3) is 11.4 Å². The molecule has 8 nitrogen and oxygen atoms in total. The van der Waals surface area contributed by atoms with Crippen molar-refractivity contribution in [1.29, 1.82) is 0 Å². The van der Waals surface area contributed by atoms with Crippen LogP contribution in [0.3, 0.4) is 0 Å². The molecule has 4 rings (SSSR count). The number of nitrogens with zero attached hydrogens (tertiary/aromatic N) is 4. The van der Waals surface area contributed by atoms with E-state index in [1.807, 2.05) is 24.7 Å². The van der Waals surface area contributed by atoms with Gasteiger partial charge in [-0.25, -0.2) is 8.42 Å². The lowest BCUT2D eigenvalue weighted by molar-refractivity contribution is -0.122. The van der Waals surface area contributed by atoms with Crippen LogP contribution in [0.5, 0.6) is 0 Å². The summed E-state index contributed by atoms with van der Waals surface area (Å²) in [7, 11) is -1.22. The molecule has 1 aliphatic heterocycles. The highest BCUT2D eigenvalue weighted by atomic mass is 32.2. The summed E-state index contributed by atoms with van der Waals surface area (Å²) in [6.45, 7) is 1.94. The average molecular weight is 377 g/mol. The zero-order chi connectivity index (χ0) is 18.7. The van der Waals surface area contributed by atoms with Gasteiger partial charge in [0.2, 0.25) is 5.91 Å². The normalized spacial score (nSPS) is 27.4. The molecular formula is C17H23N5O3S. The van der Waals surface area contributed by atoms with Gasteiger partial charge in [-0.1, -0.05) is 0 Å². The highest BCUT2D eigenvalue weighted by Crippen LogP contribution is 2.39. The first-order chi connectivity index (χ1) is 12.2. The SMILES string of the molecule is Cn1nccc1-c1nn([C@@]2(C)CCS(=O)(=O)C2)c2c1CCC(C(N)=O)C2. The number of aromatic nitrogens is 4. The van der Waals surface area contributed by atoms with Crippen molar-refractivity contribution in [3.8, 4) is 11.4 Å². The van der Waals surface area contributed by atoms with Crippen LogP contribution >= 0.6 is 0 Å². The van der Waals surface area contributed by atoms with Crippen molar-refractivity contribution in [3.05, 3.63) is 23.5 Å². The van der Waals surface area contributed by atoms with Crippen molar-refractivity contribution < 1.29 is 13.2 Å². The zero-order valence-electron chi connectivity index (χ0n) is 15.0. The van der Waals surface area contributed by atoms with Gasteiger partial charge in [0.15, 0.2) is 9.84 Å². The van der Waals surface area contributed by atoms with E-state index < -0.39 is 15.4 Å². The van der Waals surface area contributed by atoms with E-state index in [4.69, 9.17) is 10.8 Å². The number of primary amides is 1. The summed E-state index contributed by atoms with van der Waals surface area (Å²) < 4.78 is 27.9. The second kappa shape index (κ2) is 5.67. The van der Waals surface area contributed by atoms with E-state index in [0.717, 1.165) is 22.6 Å². The second-order valence-corrected chi connectivity index (χ2v) is 9.89. The number of aryl methyl sites for hydroxylation is 1. The number of sulfone groups is 1. The molecule has 26 heavy (non-hydrogen) atoms. The molecule has 0 aromatic carbocycles. The number of amides is 1. The largest absolute Gasteiger partial charge is 0.369 e. The number of carbonyl (C=O) groups is 1. The first-order valence-corrected chi connectivity index (χ1v) is 10.6. The number of hydrogen-bond acceptors (Lipinski definition) is 5. The molecule has 1 amide bonds. The summed E-state index contributed by atoms with van der Waals surface area (Å²) in [5.41, 5.74) is 8.69. The second-order valence-electron chi connectivity index (χ2n) is 7.71. The van der Waals surface area contributed by atoms with Gasteiger partial charge in [-0.05, 0) is 32.3 Å². The molecule has 2 atom stereocenters. The molecule has 1 fully saturated rings. The third-order valence-corrected chi connectivity index (χ3v) is 7.62. The van der Waals surface area contributed by atoms with Crippen molar-refractivity contribution in [2.45, 2.75) is 38.1 Å². The smallest absolute Gasteiger partial charge is 0.220 e. The maximum absolute atomic E-state index is 12.1. The first kappa shape index (κ1) is 17.3. The number of rotatable bonds is 3.